The number of carbonyl (C=O) groups is 2. The van der Waals surface area contributed by atoms with Crippen LogP contribution in [0.4, 0.5) is 11.4 Å². The van der Waals surface area contributed by atoms with Crippen molar-refractivity contribution in [1.29, 1.82) is 0 Å². The molecule has 2 amide bonds. The number of nitrogens with zero attached hydrogens (tertiary/aromatic N) is 3. The number of nitro benzene ring substituents is 1. The molecule has 11 heteroatoms. The first-order valence-electron chi connectivity index (χ1n) is 11.4. The van der Waals surface area contributed by atoms with Crippen molar-refractivity contribution in [3.05, 3.63) is 70.3 Å². The van der Waals surface area contributed by atoms with E-state index in [1.807, 2.05) is 37.3 Å². The maximum absolute atomic E-state index is 13.4. The Morgan fingerprint density at radius 3 is 2.40 bits per heavy atom. The van der Waals surface area contributed by atoms with E-state index in [2.05, 4.69) is 5.32 Å². The molecule has 35 heavy (non-hydrogen) atoms. The lowest BCUT2D eigenvalue weighted by molar-refractivity contribution is -0.384. The molecule has 2 aromatic rings. The summed E-state index contributed by atoms with van der Waals surface area (Å²) in [7, 11) is -3.96. The van der Waals surface area contributed by atoms with Crippen molar-refractivity contribution in [3.63, 3.8) is 0 Å². The van der Waals surface area contributed by atoms with E-state index < -0.39 is 33.4 Å². The summed E-state index contributed by atoms with van der Waals surface area (Å²) >= 11 is 0. The lowest BCUT2D eigenvalue weighted by Gasteiger charge is -2.31. The molecule has 0 aliphatic carbocycles. The maximum Gasteiger partial charge on any atom is 0.271 e. The lowest BCUT2D eigenvalue weighted by Crippen LogP contribution is -2.52. The zero-order valence-corrected chi connectivity index (χ0v) is 21.0. The Bertz CT molecular complexity index is 1120. The number of nitro groups is 1. The van der Waals surface area contributed by atoms with Crippen LogP contribution in [0.3, 0.4) is 0 Å². The molecule has 1 N–H and O–H groups in total. The fraction of sp³-hybridized carbons (Fsp3) is 0.417. The van der Waals surface area contributed by atoms with Gasteiger partial charge in [-0.2, -0.15) is 0 Å². The van der Waals surface area contributed by atoms with Crippen LogP contribution in [0.2, 0.25) is 0 Å². The van der Waals surface area contributed by atoms with Crippen molar-refractivity contribution in [2.24, 2.45) is 0 Å². The van der Waals surface area contributed by atoms with Gasteiger partial charge in [-0.15, -0.1) is 0 Å². The van der Waals surface area contributed by atoms with E-state index in [4.69, 9.17) is 0 Å². The van der Waals surface area contributed by atoms with Crippen LogP contribution in [0.5, 0.6) is 0 Å². The van der Waals surface area contributed by atoms with Crippen LogP contribution in [0.25, 0.3) is 0 Å². The van der Waals surface area contributed by atoms with Gasteiger partial charge in [0.1, 0.15) is 12.6 Å². The summed E-state index contributed by atoms with van der Waals surface area (Å²) in [6.45, 7) is 3.67. The lowest BCUT2D eigenvalue weighted by atomic mass is 10.1. The number of hydrogen-bond acceptors (Lipinski definition) is 6. The molecule has 2 rings (SSSR count). The van der Waals surface area contributed by atoms with Gasteiger partial charge in [-0.25, -0.2) is 8.42 Å². The van der Waals surface area contributed by atoms with E-state index in [1.54, 1.807) is 6.92 Å². The van der Waals surface area contributed by atoms with Crippen molar-refractivity contribution in [1.82, 2.24) is 10.2 Å². The van der Waals surface area contributed by atoms with Gasteiger partial charge in [0.25, 0.3) is 5.69 Å². The molecule has 0 saturated heterocycles. The highest BCUT2D eigenvalue weighted by Crippen LogP contribution is 2.23. The van der Waals surface area contributed by atoms with Crippen molar-refractivity contribution >= 4 is 33.2 Å². The minimum atomic E-state index is -3.96. The number of benzene rings is 2. The van der Waals surface area contributed by atoms with Crippen LogP contribution < -0.4 is 9.62 Å². The average molecular weight is 505 g/mol. The van der Waals surface area contributed by atoms with E-state index >= 15 is 0 Å². The fourth-order valence-electron chi connectivity index (χ4n) is 3.48. The first-order chi connectivity index (χ1) is 16.5. The Hall–Kier alpha value is -3.47. The first kappa shape index (κ1) is 27.8. The predicted octanol–water partition coefficient (Wildman–Crippen LogP) is 2.74. The SMILES string of the molecule is CCCCNC(=O)C(C)N(CCc1ccccc1)C(=O)CN(c1cccc([N+](=O)[O-])c1)S(C)(=O)=O. The molecular formula is C24H32N4O6S. The number of carbonyl (C=O) groups excluding carboxylic acids is 2. The summed E-state index contributed by atoms with van der Waals surface area (Å²) in [4.78, 5) is 38.0. The monoisotopic (exact) mass is 504 g/mol. The third-order valence-corrected chi connectivity index (χ3v) is 6.63. The van der Waals surface area contributed by atoms with E-state index in [-0.39, 0.29) is 23.8 Å². The van der Waals surface area contributed by atoms with Gasteiger partial charge in [0.15, 0.2) is 0 Å². The molecular weight excluding hydrogens is 472 g/mol. The molecule has 0 heterocycles. The highest BCUT2D eigenvalue weighted by Gasteiger charge is 2.30. The van der Waals surface area contributed by atoms with Gasteiger partial charge in [0.2, 0.25) is 21.8 Å². The van der Waals surface area contributed by atoms with Crippen molar-refractivity contribution in [2.75, 3.05) is 30.2 Å². The van der Waals surface area contributed by atoms with E-state index in [9.17, 15) is 28.1 Å². The van der Waals surface area contributed by atoms with Crippen LogP contribution in [-0.2, 0) is 26.0 Å². The van der Waals surface area contributed by atoms with Gasteiger partial charge in [0, 0.05) is 25.2 Å². The number of sulfonamides is 1. The molecule has 0 radical (unpaired) electrons. The minimum Gasteiger partial charge on any atom is -0.354 e. The molecule has 1 atom stereocenters. The summed E-state index contributed by atoms with van der Waals surface area (Å²) in [6.07, 6.45) is 3.09. The number of amides is 2. The number of rotatable bonds is 13. The van der Waals surface area contributed by atoms with Crippen molar-refractivity contribution in [2.45, 2.75) is 39.2 Å². The van der Waals surface area contributed by atoms with Crippen LogP contribution in [0.1, 0.15) is 32.3 Å². The van der Waals surface area contributed by atoms with Crippen molar-refractivity contribution < 1.29 is 22.9 Å². The molecule has 190 valence electrons. The number of unbranched alkanes of at least 4 members (excludes halogenated alkanes) is 1. The molecule has 0 spiro atoms. The Labute approximate surface area is 206 Å². The zero-order valence-electron chi connectivity index (χ0n) is 20.2. The number of anilines is 1. The quantitative estimate of drug-likeness (QED) is 0.254. The molecule has 0 bridgehead atoms. The van der Waals surface area contributed by atoms with Crippen LogP contribution in [0, 0.1) is 10.1 Å². The Kier molecular flexibility index (Phi) is 10.2. The third kappa shape index (κ3) is 8.36. The molecule has 0 saturated carbocycles. The van der Waals surface area contributed by atoms with Crippen LogP contribution in [0.15, 0.2) is 54.6 Å². The second-order valence-corrected chi connectivity index (χ2v) is 10.1. The summed E-state index contributed by atoms with van der Waals surface area (Å²) in [6, 6.07) is 13.7. The molecule has 1 unspecified atom stereocenters. The smallest absolute Gasteiger partial charge is 0.271 e. The molecule has 0 fully saturated rings. The molecule has 0 aliphatic rings. The van der Waals surface area contributed by atoms with Gasteiger partial charge < -0.3 is 10.2 Å². The summed E-state index contributed by atoms with van der Waals surface area (Å²) < 4.78 is 25.9. The van der Waals surface area contributed by atoms with E-state index in [0.717, 1.165) is 35.0 Å². The Balaban J connectivity index is 2.31. The zero-order chi connectivity index (χ0) is 26.0. The summed E-state index contributed by atoms with van der Waals surface area (Å²) in [5.41, 5.74) is 0.661. The molecule has 2 aromatic carbocycles. The standard InChI is InChI=1S/C24H32N4O6S/c1-4-5-15-25-24(30)19(2)26(16-14-20-10-7-6-8-11-20)23(29)18-27(35(3,33)34)21-12-9-13-22(17-21)28(31)32/h6-13,17,19H,4-5,14-16,18H2,1-3H3,(H,25,30). The van der Waals surface area contributed by atoms with Gasteiger partial charge in [-0.05, 0) is 31.4 Å². The van der Waals surface area contributed by atoms with Gasteiger partial charge in [-0.3, -0.25) is 24.0 Å². The molecule has 10 nitrogen and oxygen atoms in total. The van der Waals surface area contributed by atoms with Gasteiger partial charge in [0.05, 0.1) is 16.9 Å². The predicted molar refractivity (Wildman–Crippen MR) is 135 cm³/mol. The second kappa shape index (κ2) is 12.8. The van der Waals surface area contributed by atoms with Gasteiger partial charge >= 0.3 is 0 Å². The molecule has 0 aliphatic heterocycles. The van der Waals surface area contributed by atoms with E-state index in [0.29, 0.717) is 13.0 Å². The Morgan fingerprint density at radius 1 is 1.11 bits per heavy atom. The fourth-order valence-corrected chi connectivity index (χ4v) is 4.32. The highest BCUT2D eigenvalue weighted by atomic mass is 32.2. The Morgan fingerprint density at radius 2 is 1.80 bits per heavy atom. The number of nitrogens with one attached hydrogen (secondary N) is 1. The largest absolute Gasteiger partial charge is 0.354 e. The second-order valence-electron chi connectivity index (χ2n) is 8.19. The van der Waals surface area contributed by atoms with E-state index in [1.165, 1.54) is 23.1 Å². The van der Waals surface area contributed by atoms with Gasteiger partial charge in [-0.1, -0.05) is 49.7 Å². The summed E-state index contributed by atoms with van der Waals surface area (Å²) in [5.74, 6) is -0.919. The summed E-state index contributed by atoms with van der Waals surface area (Å²) in [5, 5.41) is 14.0. The number of hydrogen-bond donors (Lipinski definition) is 1. The number of non-ortho nitro benzene ring substituents is 1. The normalized spacial score (nSPS) is 12.0. The highest BCUT2D eigenvalue weighted by molar-refractivity contribution is 7.92. The first-order valence-corrected chi connectivity index (χ1v) is 13.2. The minimum absolute atomic E-state index is 0.00175. The maximum atomic E-state index is 13.4. The third-order valence-electron chi connectivity index (χ3n) is 5.49. The topological polar surface area (TPSA) is 130 Å². The van der Waals surface area contributed by atoms with Crippen LogP contribution >= 0.6 is 0 Å². The van der Waals surface area contributed by atoms with Crippen molar-refractivity contribution in [3.8, 4) is 0 Å². The molecule has 0 aromatic heterocycles. The average Bonchev–Trinajstić information content (AvgIpc) is 2.82. The van der Waals surface area contributed by atoms with Crippen LogP contribution in [-0.4, -0.2) is 62.0 Å².